The summed E-state index contributed by atoms with van der Waals surface area (Å²) in [6, 6.07) is 14.8. The molecular weight excluding hydrogens is 509 g/mol. The number of anilines is 1. The van der Waals surface area contributed by atoms with Gasteiger partial charge in [0.2, 0.25) is 12.7 Å². The number of ether oxygens (including phenoxy) is 2. The maximum absolute atomic E-state index is 13.4. The molecule has 1 heterocycles. The highest BCUT2D eigenvalue weighted by molar-refractivity contribution is 7.92. The van der Waals surface area contributed by atoms with Crippen molar-refractivity contribution in [3.05, 3.63) is 82.9 Å². The first kappa shape index (κ1) is 24.7. The number of fused-ring (bicyclic) bond motifs is 1. The lowest BCUT2D eigenvalue weighted by atomic mass is 10.2. The van der Waals surface area contributed by atoms with Gasteiger partial charge in [-0.25, -0.2) is 8.42 Å². The molecule has 35 heavy (non-hydrogen) atoms. The average Bonchev–Trinajstić information content (AvgIpc) is 3.29. The molecule has 1 amide bonds. The summed E-state index contributed by atoms with van der Waals surface area (Å²) in [5.74, 6) is 0.333. The van der Waals surface area contributed by atoms with Crippen molar-refractivity contribution in [2.24, 2.45) is 0 Å². The largest absolute Gasteiger partial charge is 0.454 e. The number of carbonyl (C=O) groups excluding carboxylic acids is 1. The van der Waals surface area contributed by atoms with Gasteiger partial charge in [0, 0.05) is 6.54 Å². The molecule has 1 aliphatic rings. The highest BCUT2D eigenvalue weighted by atomic mass is 35.5. The summed E-state index contributed by atoms with van der Waals surface area (Å²) in [6.45, 7) is -0.651. The van der Waals surface area contributed by atoms with E-state index in [-0.39, 0.29) is 23.9 Å². The first-order valence-corrected chi connectivity index (χ1v) is 12.0. The standard InChI is InChI=1S/C23H18ClF3N2O5S/c24-19-8-7-16(11-18(19)23(25,26)27)29(35(31,32)17-4-2-1-3-5-17)13-22(30)28-12-15-6-9-20-21(10-15)34-14-33-20/h1-11H,12-14H2,(H,28,30). The number of halogens is 4. The summed E-state index contributed by atoms with van der Waals surface area (Å²) in [5.41, 5.74) is -0.916. The first-order valence-electron chi connectivity index (χ1n) is 10.2. The van der Waals surface area contributed by atoms with E-state index in [1.807, 2.05) is 0 Å². The van der Waals surface area contributed by atoms with E-state index in [1.165, 1.54) is 24.3 Å². The molecule has 0 unspecified atom stereocenters. The van der Waals surface area contributed by atoms with Crippen LogP contribution in [-0.2, 0) is 27.5 Å². The molecule has 0 spiro atoms. The Morgan fingerprint density at radius 1 is 1.00 bits per heavy atom. The van der Waals surface area contributed by atoms with Crippen LogP contribution in [0.2, 0.25) is 5.02 Å². The van der Waals surface area contributed by atoms with Crippen molar-refractivity contribution in [2.45, 2.75) is 17.6 Å². The predicted octanol–water partition coefficient (Wildman–Crippen LogP) is 4.60. The summed E-state index contributed by atoms with van der Waals surface area (Å²) in [5, 5.41) is 1.99. The number of nitrogens with zero attached hydrogens (tertiary/aromatic N) is 1. The van der Waals surface area contributed by atoms with Gasteiger partial charge < -0.3 is 14.8 Å². The van der Waals surface area contributed by atoms with E-state index in [9.17, 15) is 26.4 Å². The van der Waals surface area contributed by atoms with Gasteiger partial charge in [0.25, 0.3) is 10.0 Å². The molecule has 3 aromatic rings. The Hall–Kier alpha value is -3.44. The van der Waals surface area contributed by atoms with Gasteiger partial charge in [-0.15, -0.1) is 0 Å². The second-order valence-electron chi connectivity index (χ2n) is 7.45. The number of hydrogen-bond donors (Lipinski definition) is 1. The zero-order chi connectivity index (χ0) is 25.2. The molecule has 4 rings (SSSR count). The Labute approximate surface area is 204 Å². The summed E-state index contributed by atoms with van der Waals surface area (Å²) in [4.78, 5) is 12.6. The maximum Gasteiger partial charge on any atom is 0.417 e. The molecule has 184 valence electrons. The summed E-state index contributed by atoms with van der Waals surface area (Å²) >= 11 is 5.69. The van der Waals surface area contributed by atoms with Crippen LogP contribution in [0.5, 0.6) is 11.5 Å². The molecule has 3 aromatic carbocycles. The third kappa shape index (κ3) is 5.46. The van der Waals surface area contributed by atoms with E-state index in [0.717, 1.165) is 12.1 Å². The number of hydrogen-bond acceptors (Lipinski definition) is 5. The van der Waals surface area contributed by atoms with Gasteiger partial charge in [-0.2, -0.15) is 13.2 Å². The molecule has 1 aliphatic heterocycles. The fourth-order valence-corrected chi connectivity index (χ4v) is 5.02. The Morgan fingerprint density at radius 3 is 2.43 bits per heavy atom. The fourth-order valence-electron chi connectivity index (χ4n) is 3.36. The average molecular weight is 527 g/mol. The molecule has 7 nitrogen and oxygen atoms in total. The zero-order valence-electron chi connectivity index (χ0n) is 17.9. The molecule has 0 fully saturated rings. The molecule has 1 N–H and O–H groups in total. The molecule has 0 saturated heterocycles. The minimum absolute atomic E-state index is 0.0309. The van der Waals surface area contributed by atoms with Gasteiger partial charge in [0.1, 0.15) is 6.54 Å². The maximum atomic E-state index is 13.4. The second kappa shape index (κ2) is 9.67. The highest BCUT2D eigenvalue weighted by Gasteiger charge is 2.35. The van der Waals surface area contributed by atoms with Crippen LogP contribution < -0.4 is 19.1 Å². The molecule has 0 aliphatic carbocycles. The molecule has 0 saturated carbocycles. The smallest absolute Gasteiger partial charge is 0.417 e. The van der Waals surface area contributed by atoms with E-state index < -0.39 is 39.2 Å². The topological polar surface area (TPSA) is 84.9 Å². The third-order valence-electron chi connectivity index (χ3n) is 5.09. The quantitative estimate of drug-likeness (QED) is 0.486. The number of sulfonamides is 1. The van der Waals surface area contributed by atoms with Crippen LogP contribution >= 0.6 is 11.6 Å². The second-order valence-corrected chi connectivity index (χ2v) is 9.72. The number of carbonyl (C=O) groups is 1. The van der Waals surface area contributed by atoms with Crippen molar-refractivity contribution in [2.75, 3.05) is 17.6 Å². The van der Waals surface area contributed by atoms with Crippen molar-refractivity contribution in [1.29, 1.82) is 0 Å². The van der Waals surface area contributed by atoms with Gasteiger partial charge in [-0.05, 0) is 48.0 Å². The number of rotatable bonds is 7. The zero-order valence-corrected chi connectivity index (χ0v) is 19.5. The summed E-state index contributed by atoms with van der Waals surface area (Å²) < 4.78 is 78.0. The van der Waals surface area contributed by atoms with Gasteiger partial charge in [0.15, 0.2) is 11.5 Å². The summed E-state index contributed by atoms with van der Waals surface area (Å²) in [7, 11) is -4.39. The molecule has 0 atom stereocenters. The van der Waals surface area contributed by atoms with Gasteiger partial charge in [-0.3, -0.25) is 9.10 Å². The minimum atomic E-state index is -4.82. The number of alkyl halides is 3. The van der Waals surface area contributed by atoms with Gasteiger partial charge in [-0.1, -0.05) is 35.9 Å². The van der Waals surface area contributed by atoms with E-state index in [2.05, 4.69) is 5.32 Å². The monoisotopic (exact) mass is 526 g/mol. The van der Waals surface area contributed by atoms with Crippen molar-refractivity contribution < 1.29 is 35.9 Å². The van der Waals surface area contributed by atoms with Gasteiger partial charge in [0.05, 0.1) is 21.2 Å². The van der Waals surface area contributed by atoms with Crippen molar-refractivity contribution in [1.82, 2.24) is 5.32 Å². The molecule has 12 heteroatoms. The van der Waals surface area contributed by atoms with Crippen LogP contribution in [0.3, 0.4) is 0 Å². The minimum Gasteiger partial charge on any atom is -0.454 e. The molecular formula is C23H18ClF3N2O5S. The molecule has 0 bridgehead atoms. The number of amides is 1. The van der Waals surface area contributed by atoms with E-state index in [4.69, 9.17) is 21.1 Å². The van der Waals surface area contributed by atoms with Gasteiger partial charge >= 0.3 is 6.18 Å². The lowest BCUT2D eigenvalue weighted by Gasteiger charge is -2.25. The predicted molar refractivity (Wildman–Crippen MR) is 122 cm³/mol. The third-order valence-corrected chi connectivity index (χ3v) is 7.21. The van der Waals surface area contributed by atoms with E-state index >= 15 is 0 Å². The molecule has 0 aromatic heterocycles. The Bertz CT molecular complexity index is 1350. The Balaban J connectivity index is 1.61. The van der Waals surface area contributed by atoms with Crippen LogP contribution in [0.25, 0.3) is 0 Å². The van der Waals surface area contributed by atoms with Crippen molar-refractivity contribution in [3.63, 3.8) is 0 Å². The van der Waals surface area contributed by atoms with Crippen molar-refractivity contribution in [3.8, 4) is 11.5 Å². The lowest BCUT2D eigenvalue weighted by molar-refractivity contribution is -0.137. The van der Waals surface area contributed by atoms with Crippen LogP contribution in [0, 0.1) is 0 Å². The van der Waals surface area contributed by atoms with Crippen molar-refractivity contribution >= 4 is 33.2 Å². The van der Waals surface area contributed by atoms with Crippen LogP contribution in [-0.4, -0.2) is 27.7 Å². The number of nitrogens with one attached hydrogen (secondary N) is 1. The van der Waals surface area contributed by atoms with E-state index in [0.29, 0.717) is 27.4 Å². The first-order chi connectivity index (χ1) is 16.6. The van der Waals surface area contributed by atoms with Crippen LogP contribution in [0.4, 0.5) is 18.9 Å². The summed E-state index contributed by atoms with van der Waals surface area (Å²) in [6.07, 6.45) is -4.82. The Morgan fingerprint density at radius 2 is 1.71 bits per heavy atom. The lowest BCUT2D eigenvalue weighted by Crippen LogP contribution is -2.40. The fraction of sp³-hybridized carbons (Fsp3) is 0.174. The molecule has 0 radical (unpaired) electrons. The van der Waals surface area contributed by atoms with Crippen LogP contribution in [0.1, 0.15) is 11.1 Å². The SMILES string of the molecule is O=C(CN(c1ccc(Cl)c(C(F)(F)F)c1)S(=O)(=O)c1ccccc1)NCc1ccc2c(c1)OCO2. The normalized spacial score (nSPS) is 12.9. The highest BCUT2D eigenvalue weighted by Crippen LogP contribution is 2.38. The Kier molecular flexibility index (Phi) is 6.82. The number of benzene rings is 3. The van der Waals surface area contributed by atoms with Crippen LogP contribution in [0.15, 0.2) is 71.6 Å². The van der Waals surface area contributed by atoms with E-state index in [1.54, 1.807) is 24.3 Å².